The molecular weight excluding hydrogens is 212 g/mol. The van der Waals surface area contributed by atoms with Gasteiger partial charge in [-0.25, -0.2) is 0 Å². The fraction of sp³-hybridized carbons (Fsp3) is 1.00. The molecule has 2 rings (SSSR count). The van der Waals surface area contributed by atoms with Crippen LogP contribution in [0.1, 0.15) is 46.0 Å². The number of nitrogens with zero attached hydrogens (tertiary/aromatic N) is 1. The van der Waals surface area contributed by atoms with Crippen LogP contribution in [0.3, 0.4) is 0 Å². The standard InChI is InChI=1S/C14H28N2O/c1-13(2)7-9-16(10-13)8-5-12-4-3-6-14(12,15)11-17/h12,17H,3-11,15H2,1-2H3. The van der Waals surface area contributed by atoms with Crippen molar-refractivity contribution in [1.29, 1.82) is 0 Å². The monoisotopic (exact) mass is 240 g/mol. The molecule has 1 aliphatic heterocycles. The molecule has 2 fully saturated rings. The molecule has 1 heterocycles. The molecule has 3 N–H and O–H groups in total. The number of rotatable bonds is 4. The normalized spacial score (nSPS) is 37.8. The van der Waals surface area contributed by atoms with Crippen molar-refractivity contribution < 1.29 is 5.11 Å². The Morgan fingerprint density at radius 3 is 2.71 bits per heavy atom. The summed E-state index contributed by atoms with van der Waals surface area (Å²) in [6, 6.07) is 0. The van der Waals surface area contributed by atoms with Crippen molar-refractivity contribution in [2.24, 2.45) is 17.1 Å². The van der Waals surface area contributed by atoms with E-state index < -0.39 is 0 Å². The Morgan fingerprint density at radius 2 is 2.12 bits per heavy atom. The Kier molecular flexibility index (Phi) is 3.81. The Hall–Kier alpha value is -0.120. The van der Waals surface area contributed by atoms with Crippen LogP contribution in [0, 0.1) is 11.3 Å². The first-order valence-corrected chi connectivity index (χ1v) is 7.07. The van der Waals surface area contributed by atoms with Crippen LogP contribution in [0.4, 0.5) is 0 Å². The molecule has 3 nitrogen and oxygen atoms in total. The predicted molar refractivity (Wildman–Crippen MR) is 70.8 cm³/mol. The lowest BCUT2D eigenvalue weighted by Crippen LogP contribution is -2.47. The largest absolute Gasteiger partial charge is 0.394 e. The topological polar surface area (TPSA) is 49.5 Å². The van der Waals surface area contributed by atoms with Gasteiger partial charge in [0.2, 0.25) is 0 Å². The molecule has 0 aromatic heterocycles. The van der Waals surface area contributed by atoms with Gasteiger partial charge in [0.05, 0.1) is 6.61 Å². The van der Waals surface area contributed by atoms with Crippen LogP contribution in [0.5, 0.6) is 0 Å². The van der Waals surface area contributed by atoms with Crippen LogP contribution in [-0.2, 0) is 0 Å². The lowest BCUT2D eigenvalue weighted by Gasteiger charge is -2.31. The van der Waals surface area contributed by atoms with Crippen molar-refractivity contribution in [2.75, 3.05) is 26.2 Å². The first-order valence-electron chi connectivity index (χ1n) is 7.07. The maximum Gasteiger partial charge on any atom is 0.0613 e. The third-order valence-electron chi connectivity index (χ3n) is 4.85. The van der Waals surface area contributed by atoms with Crippen LogP contribution in [0.25, 0.3) is 0 Å². The van der Waals surface area contributed by atoms with Gasteiger partial charge in [-0.2, -0.15) is 0 Å². The smallest absolute Gasteiger partial charge is 0.0613 e. The van der Waals surface area contributed by atoms with E-state index >= 15 is 0 Å². The average Bonchev–Trinajstić information content (AvgIpc) is 2.80. The second-order valence-electron chi connectivity index (χ2n) is 6.96. The van der Waals surface area contributed by atoms with Crippen molar-refractivity contribution in [3.05, 3.63) is 0 Å². The van der Waals surface area contributed by atoms with Gasteiger partial charge in [0, 0.05) is 12.1 Å². The summed E-state index contributed by atoms with van der Waals surface area (Å²) in [5.74, 6) is 0.524. The van der Waals surface area contributed by atoms with Crippen LogP contribution >= 0.6 is 0 Å². The third kappa shape index (κ3) is 3.01. The summed E-state index contributed by atoms with van der Waals surface area (Å²) in [5.41, 5.74) is 6.48. The van der Waals surface area contributed by atoms with Crippen LogP contribution in [-0.4, -0.2) is 41.8 Å². The van der Waals surface area contributed by atoms with Crippen molar-refractivity contribution >= 4 is 0 Å². The maximum atomic E-state index is 9.43. The molecule has 0 amide bonds. The Morgan fingerprint density at radius 1 is 1.35 bits per heavy atom. The number of nitrogens with two attached hydrogens (primary N) is 1. The Bertz CT molecular complexity index is 267. The first kappa shape index (κ1) is 13.3. The first-order chi connectivity index (χ1) is 7.95. The molecule has 100 valence electrons. The SMILES string of the molecule is CC1(C)CCN(CCC2CCCC2(N)CO)C1. The highest BCUT2D eigenvalue weighted by molar-refractivity contribution is 4.96. The summed E-state index contributed by atoms with van der Waals surface area (Å²) in [6.07, 6.45) is 5.86. The average molecular weight is 240 g/mol. The quantitative estimate of drug-likeness (QED) is 0.785. The molecule has 1 saturated carbocycles. The molecule has 17 heavy (non-hydrogen) atoms. The molecule has 0 aromatic rings. The van der Waals surface area contributed by atoms with Gasteiger partial charge in [-0.1, -0.05) is 20.3 Å². The van der Waals surface area contributed by atoms with Gasteiger partial charge in [0.25, 0.3) is 0 Å². The van der Waals surface area contributed by atoms with Crippen molar-refractivity contribution in [2.45, 2.75) is 51.5 Å². The summed E-state index contributed by atoms with van der Waals surface area (Å²) in [5, 5.41) is 9.43. The van der Waals surface area contributed by atoms with E-state index in [0.717, 1.165) is 19.4 Å². The molecule has 2 atom stereocenters. The minimum Gasteiger partial charge on any atom is -0.394 e. The van der Waals surface area contributed by atoms with Gasteiger partial charge in [0.15, 0.2) is 0 Å². The maximum absolute atomic E-state index is 9.43. The molecule has 0 aromatic carbocycles. The van der Waals surface area contributed by atoms with Gasteiger partial charge in [-0.15, -0.1) is 0 Å². The van der Waals surface area contributed by atoms with Gasteiger partial charge in [-0.3, -0.25) is 0 Å². The highest BCUT2D eigenvalue weighted by Gasteiger charge is 2.39. The van der Waals surface area contributed by atoms with E-state index in [1.807, 2.05) is 0 Å². The summed E-state index contributed by atoms with van der Waals surface area (Å²) in [6.45, 7) is 8.47. The molecular formula is C14H28N2O. The highest BCUT2D eigenvalue weighted by Crippen LogP contribution is 2.36. The van der Waals surface area contributed by atoms with Crippen LogP contribution in [0.2, 0.25) is 0 Å². The summed E-state index contributed by atoms with van der Waals surface area (Å²) >= 11 is 0. The van der Waals surface area contributed by atoms with E-state index in [1.165, 1.54) is 32.4 Å². The second kappa shape index (κ2) is 4.87. The van der Waals surface area contributed by atoms with Crippen molar-refractivity contribution in [1.82, 2.24) is 4.90 Å². The van der Waals surface area contributed by atoms with Crippen LogP contribution in [0.15, 0.2) is 0 Å². The fourth-order valence-electron chi connectivity index (χ4n) is 3.56. The summed E-state index contributed by atoms with van der Waals surface area (Å²) < 4.78 is 0. The minimum absolute atomic E-state index is 0.156. The third-order valence-corrected chi connectivity index (χ3v) is 4.85. The molecule has 0 radical (unpaired) electrons. The van der Waals surface area contributed by atoms with E-state index in [9.17, 15) is 5.11 Å². The van der Waals surface area contributed by atoms with Gasteiger partial charge < -0.3 is 15.7 Å². The molecule has 0 spiro atoms. The lowest BCUT2D eigenvalue weighted by atomic mass is 9.86. The van der Waals surface area contributed by atoms with Crippen molar-refractivity contribution in [3.8, 4) is 0 Å². The molecule has 3 heteroatoms. The van der Waals surface area contributed by atoms with Gasteiger partial charge in [-0.05, 0) is 50.1 Å². The number of likely N-dealkylation sites (tertiary alicyclic amines) is 1. The molecule has 1 saturated heterocycles. The molecule has 0 bridgehead atoms. The Labute approximate surface area is 105 Å². The predicted octanol–water partition coefficient (Wildman–Crippen LogP) is 1.60. The summed E-state index contributed by atoms with van der Waals surface area (Å²) in [7, 11) is 0. The number of aliphatic hydroxyl groups is 1. The molecule has 2 aliphatic rings. The Balaban J connectivity index is 1.79. The van der Waals surface area contributed by atoms with Crippen molar-refractivity contribution in [3.63, 3.8) is 0 Å². The molecule has 1 aliphatic carbocycles. The lowest BCUT2D eigenvalue weighted by molar-refractivity contribution is 0.146. The number of hydrogen-bond donors (Lipinski definition) is 2. The summed E-state index contributed by atoms with van der Waals surface area (Å²) in [4.78, 5) is 2.57. The van der Waals surface area contributed by atoms with E-state index in [0.29, 0.717) is 11.3 Å². The minimum atomic E-state index is -0.282. The van der Waals surface area contributed by atoms with Gasteiger partial charge in [0.1, 0.15) is 0 Å². The van der Waals surface area contributed by atoms with Crippen LogP contribution < -0.4 is 5.73 Å². The second-order valence-corrected chi connectivity index (χ2v) is 6.96. The fourth-order valence-corrected chi connectivity index (χ4v) is 3.56. The highest BCUT2D eigenvalue weighted by atomic mass is 16.3. The zero-order chi connectivity index (χ0) is 12.5. The van der Waals surface area contributed by atoms with E-state index in [1.54, 1.807) is 0 Å². The van der Waals surface area contributed by atoms with E-state index in [-0.39, 0.29) is 12.1 Å². The molecule has 2 unspecified atom stereocenters. The number of aliphatic hydroxyl groups excluding tert-OH is 1. The zero-order valence-corrected chi connectivity index (χ0v) is 11.4. The van der Waals surface area contributed by atoms with Gasteiger partial charge >= 0.3 is 0 Å². The van der Waals surface area contributed by atoms with E-state index in [2.05, 4.69) is 18.7 Å². The zero-order valence-electron chi connectivity index (χ0n) is 11.4. The number of hydrogen-bond acceptors (Lipinski definition) is 3. The van der Waals surface area contributed by atoms with E-state index in [4.69, 9.17) is 5.73 Å².